The topological polar surface area (TPSA) is 40.6 Å². The molecule has 0 amide bonds. The zero-order valence-corrected chi connectivity index (χ0v) is 14.7. The number of alkyl halides is 1. The molecule has 1 aromatic carbocycles. The zero-order valence-electron chi connectivity index (χ0n) is 11.5. The number of rotatable bonds is 4. The highest BCUT2D eigenvalue weighted by molar-refractivity contribution is 9.10. The Morgan fingerprint density at radius 3 is 2.65 bits per heavy atom. The van der Waals surface area contributed by atoms with Crippen LogP contribution < -0.4 is 0 Å². The fraction of sp³-hybridized carbons (Fsp3) is 0.538. The van der Waals surface area contributed by atoms with E-state index >= 15 is 0 Å². The number of benzene rings is 1. The fourth-order valence-electron chi connectivity index (χ4n) is 2.33. The van der Waals surface area contributed by atoms with Crippen molar-refractivity contribution in [1.29, 1.82) is 0 Å². The van der Waals surface area contributed by atoms with E-state index in [9.17, 15) is 8.42 Å². The highest BCUT2D eigenvalue weighted by Crippen LogP contribution is 2.29. The Labute approximate surface area is 133 Å². The maximum Gasteiger partial charge on any atom is 0.244 e. The molecule has 1 atom stereocenters. The van der Waals surface area contributed by atoms with Crippen LogP contribution in [0, 0.1) is 0 Å². The van der Waals surface area contributed by atoms with Crippen LogP contribution in [-0.2, 0) is 15.9 Å². The smallest absolute Gasteiger partial charge is 0.244 e. The second-order valence-corrected chi connectivity index (χ2v) is 8.20. The molecule has 1 aliphatic rings. The lowest BCUT2D eigenvalue weighted by molar-refractivity contribution is 0.302. The number of halogens is 2. The van der Waals surface area contributed by atoms with E-state index in [0.717, 1.165) is 12.0 Å². The average Bonchev–Trinajstić information content (AvgIpc) is 2.88. The molecule has 0 aliphatic carbocycles. The molecule has 1 aromatic rings. The first kappa shape index (κ1) is 16.2. The van der Waals surface area contributed by atoms with Crippen LogP contribution >= 0.6 is 27.5 Å². The van der Waals surface area contributed by atoms with Crippen LogP contribution in [0.4, 0.5) is 0 Å². The molecule has 2 rings (SSSR count). The average molecular weight is 382 g/mol. The molecule has 1 fully saturated rings. The normalized spacial score (nSPS) is 20.8. The zero-order chi connectivity index (χ0) is 14.9. The maximum atomic E-state index is 12.7. The monoisotopic (exact) mass is 380 g/mol. The van der Waals surface area contributed by atoms with Crippen LogP contribution in [0.1, 0.15) is 12.0 Å². The van der Waals surface area contributed by atoms with Crippen molar-refractivity contribution < 1.29 is 8.42 Å². The molecule has 20 heavy (non-hydrogen) atoms. The number of likely N-dealkylation sites (N-methyl/N-ethyl adjacent to an activating group) is 1. The van der Waals surface area contributed by atoms with Crippen molar-refractivity contribution in [2.24, 2.45) is 0 Å². The van der Waals surface area contributed by atoms with Gasteiger partial charge in [-0.15, -0.1) is 11.6 Å². The SMILES string of the molecule is CN(C)C1CCN(S(=O)(=O)c2ccc(CCl)cc2Br)C1. The van der Waals surface area contributed by atoms with Gasteiger partial charge in [0.2, 0.25) is 10.0 Å². The van der Waals surface area contributed by atoms with Crippen LogP contribution in [0.25, 0.3) is 0 Å². The molecule has 0 N–H and O–H groups in total. The number of hydrogen-bond acceptors (Lipinski definition) is 3. The van der Waals surface area contributed by atoms with Gasteiger partial charge in [0.25, 0.3) is 0 Å². The van der Waals surface area contributed by atoms with Gasteiger partial charge in [-0.05, 0) is 54.1 Å². The molecule has 4 nitrogen and oxygen atoms in total. The van der Waals surface area contributed by atoms with Gasteiger partial charge in [-0.25, -0.2) is 8.42 Å². The van der Waals surface area contributed by atoms with Crippen LogP contribution in [0.5, 0.6) is 0 Å². The lowest BCUT2D eigenvalue weighted by Gasteiger charge is -2.20. The molecule has 1 aliphatic heterocycles. The number of hydrogen-bond donors (Lipinski definition) is 0. The molecule has 0 spiro atoms. The van der Waals surface area contributed by atoms with Gasteiger partial charge in [0.15, 0.2) is 0 Å². The van der Waals surface area contributed by atoms with Crippen molar-refractivity contribution in [2.75, 3.05) is 27.2 Å². The predicted molar refractivity (Wildman–Crippen MR) is 84.5 cm³/mol. The first-order valence-corrected chi connectivity index (χ1v) is 9.14. The quantitative estimate of drug-likeness (QED) is 0.753. The Morgan fingerprint density at radius 2 is 2.15 bits per heavy atom. The van der Waals surface area contributed by atoms with Gasteiger partial charge < -0.3 is 4.90 Å². The van der Waals surface area contributed by atoms with E-state index in [1.807, 2.05) is 14.1 Å². The summed E-state index contributed by atoms with van der Waals surface area (Å²) in [5.74, 6) is 0.366. The molecule has 0 saturated carbocycles. The van der Waals surface area contributed by atoms with E-state index in [2.05, 4.69) is 20.8 Å². The summed E-state index contributed by atoms with van der Waals surface area (Å²) in [5.41, 5.74) is 0.894. The molecule has 0 bridgehead atoms. The van der Waals surface area contributed by atoms with Crippen molar-refractivity contribution in [1.82, 2.24) is 9.21 Å². The van der Waals surface area contributed by atoms with Crippen LogP contribution in [0.3, 0.4) is 0 Å². The summed E-state index contributed by atoms with van der Waals surface area (Å²) < 4.78 is 27.5. The van der Waals surface area contributed by atoms with Gasteiger partial charge in [0.1, 0.15) is 0 Å². The third-order valence-electron chi connectivity index (χ3n) is 3.62. The highest BCUT2D eigenvalue weighted by Gasteiger charge is 2.34. The molecule has 0 radical (unpaired) electrons. The summed E-state index contributed by atoms with van der Waals surface area (Å²) in [6.07, 6.45) is 0.865. The maximum absolute atomic E-state index is 12.7. The van der Waals surface area contributed by atoms with Crippen LogP contribution in [0.2, 0.25) is 0 Å². The number of nitrogens with zero attached hydrogens (tertiary/aromatic N) is 2. The van der Waals surface area contributed by atoms with E-state index in [-0.39, 0.29) is 6.04 Å². The Bertz CT molecular complexity index is 592. The molecular weight excluding hydrogens is 364 g/mol. The summed E-state index contributed by atoms with van der Waals surface area (Å²) in [7, 11) is 0.512. The second kappa shape index (κ2) is 6.32. The lowest BCUT2D eigenvalue weighted by Crippen LogP contribution is -2.34. The molecular formula is C13H18BrClN2O2S. The van der Waals surface area contributed by atoms with Crippen molar-refractivity contribution in [2.45, 2.75) is 23.2 Å². The third kappa shape index (κ3) is 3.20. The second-order valence-electron chi connectivity index (χ2n) is 5.17. The van der Waals surface area contributed by atoms with Crippen molar-refractivity contribution in [3.05, 3.63) is 28.2 Å². The summed E-state index contributed by atoms with van der Waals surface area (Å²) in [5, 5.41) is 0. The predicted octanol–water partition coefficient (Wildman–Crippen LogP) is 2.51. The number of sulfonamides is 1. The first-order chi connectivity index (χ1) is 9.36. The summed E-state index contributed by atoms with van der Waals surface area (Å²) in [6, 6.07) is 5.43. The van der Waals surface area contributed by atoms with Crippen LogP contribution in [0.15, 0.2) is 27.6 Å². The summed E-state index contributed by atoms with van der Waals surface area (Å²) in [6.45, 7) is 1.11. The van der Waals surface area contributed by atoms with Gasteiger partial charge in [-0.3, -0.25) is 0 Å². The van der Waals surface area contributed by atoms with Gasteiger partial charge in [-0.2, -0.15) is 4.31 Å². The van der Waals surface area contributed by atoms with E-state index in [1.165, 1.54) is 0 Å². The van der Waals surface area contributed by atoms with Crippen molar-refractivity contribution in [3.8, 4) is 0 Å². The first-order valence-electron chi connectivity index (χ1n) is 6.37. The van der Waals surface area contributed by atoms with Gasteiger partial charge in [0.05, 0.1) is 4.90 Å². The summed E-state index contributed by atoms with van der Waals surface area (Å²) >= 11 is 9.10. The molecule has 0 aromatic heterocycles. The minimum atomic E-state index is -3.44. The lowest BCUT2D eigenvalue weighted by atomic mass is 10.2. The standard InChI is InChI=1S/C13H18BrClN2O2S/c1-16(2)11-5-6-17(9-11)20(18,19)13-4-3-10(8-15)7-12(13)14/h3-4,7,11H,5-6,8-9H2,1-2H3. The Balaban J connectivity index is 2.27. The molecule has 1 heterocycles. The molecule has 112 valence electrons. The van der Waals surface area contributed by atoms with Gasteiger partial charge in [0, 0.05) is 29.5 Å². The van der Waals surface area contributed by atoms with Gasteiger partial charge >= 0.3 is 0 Å². The molecule has 1 unspecified atom stereocenters. The van der Waals surface area contributed by atoms with Crippen LogP contribution in [-0.4, -0.2) is 50.8 Å². The fourth-order valence-corrected chi connectivity index (χ4v) is 5.07. The third-order valence-corrected chi connectivity index (χ3v) is 6.78. The summed E-state index contributed by atoms with van der Waals surface area (Å²) in [4.78, 5) is 2.38. The Morgan fingerprint density at radius 1 is 1.45 bits per heavy atom. The van der Waals surface area contributed by atoms with Crippen molar-refractivity contribution in [3.63, 3.8) is 0 Å². The van der Waals surface area contributed by atoms with Gasteiger partial charge in [-0.1, -0.05) is 6.07 Å². The highest BCUT2D eigenvalue weighted by atomic mass is 79.9. The molecule has 7 heteroatoms. The van der Waals surface area contributed by atoms with E-state index in [1.54, 1.807) is 22.5 Å². The van der Waals surface area contributed by atoms with E-state index < -0.39 is 10.0 Å². The van der Waals surface area contributed by atoms with E-state index in [0.29, 0.717) is 28.3 Å². The minimum Gasteiger partial charge on any atom is -0.305 e. The minimum absolute atomic E-state index is 0.283. The van der Waals surface area contributed by atoms with E-state index in [4.69, 9.17) is 11.6 Å². The van der Waals surface area contributed by atoms with Crippen molar-refractivity contribution >= 4 is 37.6 Å². The largest absolute Gasteiger partial charge is 0.305 e. The Hall–Kier alpha value is -0.140. The Kier molecular flexibility index (Phi) is 5.13. The molecule has 1 saturated heterocycles.